The smallest absolute Gasteiger partial charge is 0.360 e. The van der Waals surface area contributed by atoms with Crippen molar-refractivity contribution in [2.24, 2.45) is 5.92 Å². The third-order valence-corrected chi connectivity index (χ3v) is 3.86. The summed E-state index contributed by atoms with van der Waals surface area (Å²) in [5.41, 5.74) is 0.0718. The molecule has 8 heteroatoms. The van der Waals surface area contributed by atoms with E-state index in [4.69, 9.17) is 0 Å². The number of aromatic nitrogens is 2. The van der Waals surface area contributed by atoms with Crippen LogP contribution in [0, 0.1) is 9.62 Å². The minimum Gasteiger partial charge on any atom is -0.464 e. The molecule has 0 radical (unpaired) electrons. The van der Waals surface area contributed by atoms with Crippen LogP contribution in [-0.4, -0.2) is 41.3 Å². The van der Waals surface area contributed by atoms with Crippen LogP contribution in [0.15, 0.2) is 6.20 Å². The molecule has 1 fully saturated rings. The summed E-state index contributed by atoms with van der Waals surface area (Å²) < 4.78 is 5.25. The zero-order valence-corrected chi connectivity index (χ0v) is 13.2. The molecular weight excluding hydrogens is 381 g/mol. The molecule has 0 aromatic carbocycles. The van der Waals surface area contributed by atoms with Crippen LogP contribution >= 0.6 is 35.2 Å². The number of anilines is 1. The van der Waals surface area contributed by atoms with E-state index in [0.717, 1.165) is 0 Å². The van der Waals surface area contributed by atoms with Crippen molar-refractivity contribution in [3.63, 3.8) is 0 Å². The molecule has 19 heavy (non-hydrogen) atoms. The minimum absolute atomic E-state index is 0.0697. The number of thiol groups is 1. The summed E-state index contributed by atoms with van der Waals surface area (Å²) in [7, 11) is 1.27. The predicted molar refractivity (Wildman–Crippen MR) is 80.4 cm³/mol. The summed E-state index contributed by atoms with van der Waals surface area (Å²) in [4.78, 5) is 33.4. The summed E-state index contributed by atoms with van der Waals surface area (Å²) in [6.07, 6.45) is 1.93. The van der Waals surface area contributed by atoms with Crippen molar-refractivity contribution >= 4 is 52.9 Å². The predicted octanol–water partition coefficient (Wildman–Crippen LogP) is 1.15. The van der Waals surface area contributed by atoms with Crippen molar-refractivity contribution in [2.45, 2.75) is 6.42 Å². The van der Waals surface area contributed by atoms with Gasteiger partial charge in [-0.15, -0.1) is 0 Å². The van der Waals surface area contributed by atoms with E-state index in [0.29, 0.717) is 22.4 Å². The summed E-state index contributed by atoms with van der Waals surface area (Å²) >= 11 is 6.16. The summed E-state index contributed by atoms with van der Waals surface area (Å²) in [6.45, 7) is 0.502. The second-order valence-electron chi connectivity index (χ2n) is 4.11. The van der Waals surface area contributed by atoms with Gasteiger partial charge in [-0.1, -0.05) is 0 Å². The summed E-state index contributed by atoms with van der Waals surface area (Å²) in [5, 5.41) is 0. The number of ether oxygens (including phenoxy) is 1. The molecule has 1 aliphatic heterocycles. The van der Waals surface area contributed by atoms with Gasteiger partial charge < -0.3 is 4.74 Å². The van der Waals surface area contributed by atoms with Gasteiger partial charge in [0.15, 0.2) is 11.5 Å². The van der Waals surface area contributed by atoms with Crippen molar-refractivity contribution in [3.05, 3.63) is 15.6 Å². The number of rotatable bonds is 3. The van der Waals surface area contributed by atoms with Gasteiger partial charge in [0.25, 0.3) is 0 Å². The van der Waals surface area contributed by atoms with Crippen molar-refractivity contribution in [3.8, 4) is 0 Å². The Kier molecular flexibility index (Phi) is 4.61. The molecule has 102 valence electrons. The Labute approximate surface area is 129 Å². The molecule has 2 rings (SSSR count). The van der Waals surface area contributed by atoms with Crippen LogP contribution in [0.5, 0.6) is 0 Å². The Hall–Kier alpha value is -0.900. The first-order chi connectivity index (χ1) is 9.06. The number of amides is 1. The third kappa shape index (κ3) is 2.99. The molecule has 1 amide bonds. The topological polar surface area (TPSA) is 72.4 Å². The lowest BCUT2D eigenvalue weighted by Gasteiger charge is -2.17. The van der Waals surface area contributed by atoms with Gasteiger partial charge in [0.1, 0.15) is 3.70 Å². The van der Waals surface area contributed by atoms with Crippen molar-refractivity contribution < 1.29 is 14.3 Å². The molecule has 6 nitrogen and oxygen atoms in total. The van der Waals surface area contributed by atoms with Crippen molar-refractivity contribution in [1.82, 2.24) is 9.97 Å². The lowest BCUT2D eigenvalue weighted by Crippen LogP contribution is -2.28. The number of esters is 1. The van der Waals surface area contributed by atoms with E-state index in [1.807, 2.05) is 22.6 Å². The fraction of sp³-hybridized carbons (Fsp3) is 0.455. The standard InChI is InChI=1S/C11H12IN3O3S/c1-18-11(17)9-10(13-3-7(12)14-9)15-4-6(5-19)2-8(15)16/h3,6,19H,2,4-5H2,1H3. The second kappa shape index (κ2) is 6.04. The molecule has 1 aromatic rings. The normalized spacial score (nSPS) is 18.8. The van der Waals surface area contributed by atoms with E-state index >= 15 is 0 Å². The van der Waals surface area contributed by atoms with Gasteiger partial charge in [-0.05, 0) is 34.3 Å². The first-order valence-corrected chi connectivity index (χ1v) is 7.30. The Morgan fingerprint density at radius 1 is 1.68 bits per heavy atom. The van der Waals surface area contributed by atoms with Gasteiger partial charge in [-0.25, -0.2) is 14.8 Å². The summed E-state index contributed by atoms with van der Waals surface area (Å²) in [6, 6.07) is 0. The molecule has 0 aliphatic carbocycles. The highest BCUT2D eigenvalue weighted by molar-refractivity contribution is 14.1. The maximum atomic E-state index is 12.0. The van der Waals surface area contributed by atoms with E-state index in [9.17, 15) is 9.59 Å². The van der Waals surface area contributed by atoms with Gasteiger partial charge in [0.05, 0.1) is 13.3 Å². The molecule has 2 heterocycles. The van der Waals surface area contributed by atoms with E-state index < -0.39 is 5.97 Å². The maximum Gasteiger partial charge on any atom is 0.360 e. The fourth-order valence-corrected chi connectivity index (χ4v) is 2.53. The lowest BCUT2D eigenvalue weighted by molar-refractivity contribution is -0.117. The van der Waals surface area contributed by atoms with Crippen molar-refractivity contribution in [2.75, 3.05) is 24.3 Å². The first kappa shape index (κ1) is 14.5. The van der Waals surface area contributed by atoms with E-state index in [1.165, 1.54) is 18.2 Å². The number of halogens is 1. The molecule has 0 saturated carbocycles. The minimum atomic E-state index is -0.594. The highest BCUT2D eigenvalue weighted by Crippen LogP contribution is 2.26. The average Bonchev–Trinajstić information content (AvgIpc) is 2.79. The molecule has 0 N–H and O–H groups in total. The quantitative estimate of drug-likeness (QED) is 0.474. The van der Waals surface area contributed by atoms with Gasteiger partial charge in [-0.2, -0.15) is 12.6 Å². The number of nitrogens with zero attached hydrogens (tertiary/aromatic N) is 3. The van der Waals surface area contributed by atoms with Gasteiger partial charge in [0, 0.05) is 13.0 Å². The number of hydrogen-bond donors (Lipinski definition) is 1. The lowest BCUT2D eigenvalue weighted by atomic mass is 10.1. The highest BCUT2D eigenvalue weighted by Gasteiger charge is 2.33. The van der Waals surface area contributed by atoms with Crippen LogP contribution in [-0.2, 0) is 9.53 Å². The van der Waals surface area contributed by atoms with E-state index in [-0.39, 0.29) is 23.3 Å². The number of carbonyl (C=O) groups excluding carboxylic acids is 2. The molecule has 1 unspecified atom stereocenters. The van der Waals surface area contributed by atoms with Gasteiger partial charge >= 0.3 is 5.97 Å². The number of carbonyl (C=O) groups is 2. The van der Waals surface area contributed by atoms with Crippen LogP contribution < -0.4 is 4.90 Å². The van der Waals surface area contributed by atoms with Crippen LogP contribution in [0.1, 0.15) is 16.9 Å². The Morgan fingerprint density at radius 3 is 3.00 bits per heavy atom. The second-order valence-corrected chi connectivity index (χ2v) is 5.58. The van der Waals surface area contributed by atoms with Crippen LogP contribution in [0.2, 0.25) is 0 Å². The van der Waals surface area contributed by atoms with Crippen LogP contribution in [0.4, 0.5) is 5.82 Å². The SMILES string of the molecule is COC(=O)c1nc(I)cnc1N1CC(CS)CC1=O. The molecular formula is C11H12IN3O3S. The molecule has 0 spiro atoms. The largest absolute Gasteiger partial charge is 0.464 e. The zero-order valence-electron chi connectivity index (χ0n) is 10.2. The molecule has 1 aromatic heterocycles. The number of hydrogen-bond acceptors (Lipinski definition) is 6. The fourth-order valence-electron chi connectivity index (χ4n) is 1.90. The monoisotopic (exact) mass is 393 g/mol. The Balaban J connectivity index is 2.39. The highest BCUT2D eigenvalue weighted by atomic mass is 127. The molecule has 1 saturated heterocycles. The number of methoxy groups -OCH3 is 1. The van der Waals surface area contributed by atoms with Crippen molar-refractivity contribution in [1.29, 1.82) is 0 Å². The summed E-state index contributed by atoms with van der Waals surface area (Å²) in [5.74, 6) is 0.389. The molecule has 1 aliphatic rings. The average molecular weight is 393 g/mol. The van der Waals surface area contributed by atoms with Crippen LogP contribution in [0.25, 0.3) is 0 Å². The maximum absolute atomic E-state index is 12.0. The molecule has 0 bridgehead atoms. The Morgan fingerprint density at radius 2 is 2.42 bits per heavy atom. The third-order valence-electron chi connectivity index (χ3n) is 2.82. The Bertz CT molecular complexity index is 526. The first-order valence-electron chi connectivity index (χ1n) is 5.59. The van der Waals surface area contributed by atoms with E-state index in [2.05, 4.69) is 27.3 Å². The van der Waals surface area contributed by atoms with Gasteiger partial charge in [-0.3, -0.25) is 9.69 Å². The van der Waals surface area contributed by atoms with Gasteiger partial charge in [0.2, 0.25) is 5.91 Å². The van der Waals surface area contributed by atoms with E-state index in [1.54, 1.807) is 0 Å². The van der Waals surface area contributed by atoms with Crippen LogP contribution in [0.3, 0.4) is 0 Å². The molecule has 1 atom stereocenters. The zero-order chi connectivity index (χ0) is 14.0.